The van der Waals surface area contributed by atoms with Crippen LogP contribution in [0.1, 0.15) is 6.92 Å². The second-order valence-electron chi connectivity index (χ2n) is 5.40. The van der Waals surface area contributed by atoms with Gasteiger partial charge in [0.1, 0.15) is 48.8 Å². The van der Waals surface area contributed by atoms with Gasteiger partial charge in [-0.2, -0.15) is 0 Å². The molecule has 0 aromatic rings. The Morgan fingerprint density at radius 3 is 2.05 bits per heavy atom. The lowest BCUT2D eigenvalue weighted by molar-refractivity contribution is -0.265. The van der Waals surface area contributed by atoms with Gasteiger partial charge in [0, 0.05) is 0 Å². The van der Waals surface area contributed by atoms with Gasteiger partial charge in [-0.25, -0.2) is 0 Å². The Morgan fingerprint density at radius 1 is 0.857 bits per heavy atom. The predicted molar refractivity (Wildman–Crippen MR) is 65.6 cm³/mol. The van der Waals surface area contributed by atoms with E-state index in [0.717, 1.165) is 0 Å². The summed E-state index contributed by atoms with van der Waals surface area (Å²) in [6.45, 7) is 0.829. The number of aliphatic hydroxyl groups is 7. The van der Waals surface area contributed by atoms with Gasteiger partial charge < -0.3 is 45.2 Å². The molecule has 0 aromatic carbocycles. The largest absolute Gasteiger partial charge is 0.394 e. The number of hydrogen-bond donors (Lipinski definition) is 7. The van der Waals surface area contributed by atoms with E-state index in [4.69, 9.17) is 14.6 Å². The zero-order valence-corrected chi connectivity index (χ0v) is 11.4. The van der Waals surface area contributed by atoms with Crippen LogP contribution in [0.4, 0.5) is 0 Å². The third-order valence-corrected chi connectivity index (χ3v) is 3.94. The zero-order valence-electron chi connectivity index (χ0n) is 11.4. The van der Waals surface area contributed by atoms with Crippen molar-refractivity contribution in [2.75, 3.05) is 6.61 Å². The van der Waals surface area contributed by atoms with E-state index in [9.17, 15) is 30.6 Å². The van der Waals surface area contributed by atoms with E-state index in [2.05, 4.69) is 0 Å². The molecular weight excluding hydrogens is 288 g/mol. The third-order valence-electron chi connectivity index (χ3n) is 3.94. The molecule has 2 aliphatic heterocycles. The van der Waals surface area contributed by atoms with E-state index in [1.54, 1.807) is 0 Å². The molecule has 2 rings (SSSR count). The molecule has 0 saturated carbocycles. The fourth-order valence-electron chi connectivity index (χ4n) is 2.56. The fourth-order valence-corrected chi connectivity index (χ4v) is 2.56. The lowest BCUT2D eigenvalue weighted by atomic mass is 9.86. The molecule has 123 valence electrons. The number of ether oxygens (including phenoxy) is 2. The van der Waals surface area contributed by atoms with Crippen LogP contribution in [0.2, 0.25) is 0 Å². The predicted octanol–water partition coefficient (Wildman–Crippen LogP) is -4.14. The molecule has 0 aliphatic carbocycles. The molecule has 0 aromatic heterocycles. The highest BCUT2D eigenvalue weighted by atomic mass is 16.6. The molecule has 9 atom stereocenters. The molecule has 9 nitrogen and oxygen atoms in total. The topological polar surface area (TPSA) is 160 Å². The first-order valence-corrected chi connectivity index (χ1v) is 6.67. The number of hydrogen-bond acceptors (Lipinski definition) is 9. The van der Waals surface area contributed by atoms with Crippen LogP contribution < -0.4 is 0 Å². The standard InChI is InChI=1S/C12H21O9/c1-3-5(14)7(16)9(18)11(20-3)12-10(19)8(17)6(15)4(2-13)21-12/h3-10,12-19H,2H2,1H3/t3-,4-,5-,6-,7+,8+,9+,10-,12?/m1/s1. The van der Waals surface area contributed by atoms with E-state index >= 15 is 0 Å². The molecule has 0 bridgehead atoms. The Bertz CT molecular complexity index is 352. The third kappa shape index (κ3) is 2.93. The van der Waals surface area contributed by atoms with Gasteiger partial charge in [-0.05, 0) is 6.92 Å². The minimum Gasteiger partial charge on any atom is -0.394 e. The monoisotopic (exact) mass is 309 g/mol. The first kappa shape index (κ1) is 17.0. The van der Waals surface area contributed by atoms with Crippen molar-refractivity contribution in [3.63, 3.8) is 0 Å². The minimum atomic E-state index is -1.64. The number of rotatable bonds is 2. The maximum absolute atomic E-state index is 9.96. The Balaban J connectivity index is 2.19. The molecule has 0 amide bonds. The summed E-state index contributed by atoms with van der Waals surface area (Å²) >= 11 is 0. The molecule has 1 radical (unpaired) electrons. The summed E-state index contributed by atoms with van der Waals surface area (Å²) in [7, 11) is 0. The Kier molecular flexibility index (Phi) is 5.19. The molecule has 0 spiro atoms. The highest BCUT2D eigenvalue weighted by Crippen LogP contribution is 2.35. The van der Waals surface area contributed by atoms with Crippen LogP contribution in [-0.4, -0.2) is 97.3 Å². The Hall–Kier alpha value is -0.360. The van der Waals surface area contributed by atoms with Crippen LogP contribution in [0.5, 0.6) is 0 Å². The van der Waals surface area contributed by atoms with Crippen LogP contribution in [0.15, 0.2) is 0 Å². The van der Waals surface area contributed by atoms with Crippen molar-refractivity contribution in [2.24, 2.45) is 0 Å². The van der Waals surface area contributed by atoms with Gasteiger partial charge in [-0.15, -0.1) is 0 Å². The van der Waals surface area contributed by atoms with Crippen LogP contribution >= 0.6 is 0 Å². The van der Waals surface area contributed by atoms with Crippen molar-refractivity contribution in [1.82, 2.24) is 0 Å². The maximum Gasteiger partial charge on any atom is 0.160 e. The summed E-state index contributed by atoms with van der Waals surface area (Å²) in [5, 5.41) is 67.8. The molecule has 1 unspecified atom stereocenters. The molecule has 21 heavy (non-hydrogen) atoms. The second kappa shape index (κ2) is 6.41. The average Bonchev–Trinajstić information content (AvgIpc) is 2.47. The van der Waals surface area contributed by atoms with Crippen molar-refractivity contribution in [3.8, 4) is 0 Å². The second-order valence-corrected chi connectivity index (χ2v) is 5.40. The normalized spacial score (nSPS) is 52.9. The van der Waals surface area contributed by atoms with E-state index in [1.807, 2.05) is 0 Å². The molecule has 2 aliphatic rings. The number of aliphatic hydroxyl groups excluding tert-OH is 7. The molecule has 2 fully saturated rings. The van der Waals surface area contributed by atoms with Gasteiger partial charge >= 0.3 is 0 Å². The molecule has 9 heteroatoms. The van der Waals surface area contributed by atoms with Crippen LogP contribution in [0.3, 0.4) is 0 Å². The average molecular weight is 309 g/mol. The summed E-state index contributed by atoms with van der Waals surface area (Å²) < 4.78 is 10.5. The summed E-state index contributed by atoms with van der Waals surface area (Å²) in [4.78, 5) is 0. The Morgan fingerprint density at radius 2 is 1.48 bits per heavy atom. The van der Waals surface area contributed by atoms with E-state index in [1.165, 1.54) is 6.92 Å². The summed E-state index contributed by atoms with van der Waals surface area (Å²) in [5.74, 6) is 0. The van der Waals surface area contributed by atoms with E-state index < -0.39 is 61.5 Å². The van der Waals surface area contributed by atoms with Crippen LogP contribution in [0.25, 0.3) is 0 Å². The van der Waals surface area contributed by atoms with Gasteiger partial charge in [0.25, 0.3) is 0 Å². The smallest absolute Gasteiger partial charge is 0.160 e. The van der Waals surface area contributed by atoms with Crippen molar-refractivity contribution in [3.05, 3.63) is 6.10 Å². The quantitative estimate of drug-likeness (QED) is 0.269. The van der Waals surface area contributed by atoms with Gasteiger partial charge in [-0.3, -0.25) is 0 Å². The summed E-state index contributed by atoms with van der Waals surface area (Å²) in [6, 6.07) is 0. The molecular formula is C12H21O9. The van der Waals surface area contributed by atoms with Gasteiger partial charge in [0.2, 0.25) is 0 Å². The molecule has 2 heterocycles. The fraction of sp³-hybridized carbons (Fsp3) is 0.917. The van der Waals surface area contributed by atoms with Gasteiger partial charge in [0.05, 0.1) is 12.7 Å². The van der Waals surface area contributed by atoms with Gasteiger partial charge in [-0.1, -0.05) is 0 Å². The lowest BCUT2D eigenvalue weighted by Crippen LogP contribution is -2.64. The zero-order chi connectivity index (χ0) is 15.9. The van der Waals surface area contributed by atoms with Gasteiger partial charge in [0.15, 0.2) is 6.10 Å². The Labute approximate surface area is 121 Å². The first-order valence-electron chi connectivity index (χ1n) is 6.67. The van der Waals surface area contributed by atoms with Crippen molar-refractivity contribution in [2.45, 2.75) is 61.9 Å². The SMILES string of the molecule is C[C@H]1O[C](C2O[C@H](CO)[C@@H](O)[C@H](O)[C@H]2O)[C@@H](O)[C@@H](O)[C@@H]1O. The summed E-state index contributed by atoms with van der Waals surface area (Å²) in [5.41, 5.74) is 0. The maximum atomic E-state index is 9.96. The lowest BCUT2D eigenvalue weighted by Gasteiger charge is -2.47. The van der Waals surface area contributed by atoms with Crippen LogP contribution in [-0.2, 0) is 9.47 Å². The van der Waals surface area contributed by atoms with Crippen molar-refractivity contribution >= 4 is 0 Å². The first-order chi connectivity index (χ1) is 9.79. The summed E-state index contributed by atoms with van der Waals surface area (Å²) in [6.07, 6.45) is -12.9. The van der Waals surface area contributed by atoms with E-state index in [-0.39, 0.29) is 6.10 Å². The van der Waals surface area contributed by atoms with Crippen molar-refractivity contribution in [1.29, 1.82) is 0 Å². The van der Waals surface area contributed by atoms with Crippen molar-refractivity contribution < 1.29 is 45.2 Å². The molecule has 2 saturated heterocycles. The highest BCUT2D eigenvalue weighted by molar-refractivity contribution is 5.11. The molecule has 7 N–H and O–H groups in total. The highest BCUT2D eigenvalue weighted by Gasteiger charge is 2.53. The van der Waals surface area contributed by atoms with E-state index in [0.29, 0.717) is 0 Å². The minimum absolute atomic E-state index is 0.266. The van der Waals surface area contributed by atoms with Crippen LogP contribution in [0, 0.1) is 6.10 Å².